The second kappa shape index (κ2) is 6.77. The standard InChI is InChI=1S/C18H22O4/c1-11(6-5-9-19)7-8-14-12(2)16-15(10-22-18(16)20)13(3)17(14)21-4/h7,9H,5-6,8,10H2,1-4H3/b11-7+. The molecular weight excluding hydrogens is 280 g/mol. The van der Waals surface area contributed by atoms with E-state index in [-0.39, 0.29) is 5.97 Å². The molecule has 0 atom stereocenters. The van der Waals surface area contributed by atoms with Crippen molar-refractivity contribution < 1.29 is 19.1 Å². The minimum atomic E-state index is -0.249. The van der Waals surface area contributed by atoms with Crippen molar-refractivity contribution in [1.29, 1.82) is 0 Å². The van der Waals surface area contributed by atoms with Crippen LogP contribution in [-0.4, -0.2) is 19.4 Å². The number of esters is 1. The maximum Gasteiger partial charge on any atom is 0.339 e. The van der Waals surface area contributed by atoms with Crippen LogP contribution >= 0.6 is 0 Å². The van der Waals surface area contributed by atoms with E-state index in [4.69, 9.17) is 9.47 Å². The SMILES string of the molecule is COc1c(C)c2c(c(C)c1C/C=C(\C)CCC=O)C(=O)OC2. The number of methoxy groups -OCH3 is 1. The fraction of sp³-hybridized carbons (Fsp3) is 0.444. The summed E-state index contributed by atoms with van der Waals surface area (Å²) in [5, 5.41) is 0. The van der Waals surface area contributed by atoms with E-state index >= 15 is 0 Å². The molecule has 0 radical (unpaired) electrons. The highest BCUT2D eigenvalue weighted by Crippen LogP contribution is 2.37. The molecule has 0 amide bonds. The normalized spacial score (nSPS) is 13.8. The van der Waals surface area contributed by atoms with E-state index in [0.717, 1.165) is 46.3 Å². The zero-order valence-electron chi connectivity index (χ0n) is 13.6. The molecule has 0 fully saturated rings. The van der Waals surface area contributed by atoms with E-state index in [9.17, 15) is 9.59 Å². The maximum atomic E-state index is 12.0. The summed E-state index contributed by atoms with van der Waals surface area (Å²) in [5.41, 5.74) is 5.71. The lowest BCUT2D eigenvalue weighted by Crippen LogP contribution is -2.06. The number of allylic oxidation sites excluding steroid dienone is 2. The van der Waals surface area contributed by atoms with E-state index in [2.05, 4.69) is 6.08 Å². The van der Waals surface area contributed by atoms with Crippen LogP contribution in [0.5, 0.6) is 5.75 Å². The number of carbonyl (C=O) groups excluding carboxylic acids is 2. The number of hydrogen-bond donors (Lipinski definition) is 0. The van der Waals surface area contributed by atoms with Crippen molar-refractivity contribution in [2.24, 2.45) is 0 Å². The number of carbonyl (C=O) groups is 2. The molecule has 22 heavy (non-hydrogen) atoms. The summed E-state index contributed by atoms with van der Waals surface area (Å²) in [6.07, 6.45) is 5.01. The molecule has 0 unspecified atom stereocenters. The van der Waals surface area contributed by atoms with Crippen LogP contribution in [0.1, 0.15) is 52.4 Å². The Labute approximate surface area is 131 Å². The number of cyclic esters (lactones) is 1. The predicted octanol–water partition coefficient (Wildman–Crippen LogP) is 3.45. The number of ether oxygens (including phenoxy) is 2. The van der Waals surface area contributed by atoms with Gasteiger partial charge in [0.25, 0.3) is 0 Å². The number of fused-ring (bicyclic) bond motifs is 1. The molecule has 0 N–H and O–H groups in total. The molecule has 2 rings (SSSR count). The number of rotatable bonds is 6. The zero-order chi connectivity index (χ0) is 16.3. The highest BCUT2D eigenvalue weighted by Gasteiger charge is 2.29. The van der Waals surface area contributed by atoms with Gasteiger partial charge in [0.2, 0.25) is 0 Å². The van der Waals surface area contributed by atoms with Crippen LogP contribution in [0.4, 0.5) is 0 Å². The minimum absolute atomic E-state index is 0.249. The number of aldehydes is 1. The Kier molecular flexibility index (Phi) is 5.01. The van der Waals surface area contributed by atoms with Crippen molar-refractivity contribution in [1.82, 2.24) is 0 Å². The van der Waals surface area contributed by atoms with Crippen LogP contribution in [0.3, 0.4) is 0 Å². The van der Waals surface area contributed by atoms with Crippen molar-refractivity contribution in [3.05, 3.63) is 39.5 Å². The van der Waals surface area contributed by atoms with Crippen LogP contribution in [-0.2, 0) is 22.6 Å². The monoisotopic (exact) mass is 302 g/mol. The molecular formula is C18H22O4. The highest BCUT2D eigenvalue weighted by molar-refractivity contribution is 5.96. The molecule has 1 aromatic rings. The lowest BCUT2D eigenvalue weighted by molar-refractivity contribution is -0.107. The van der Waals surface area contributed by atoms with Gasteiger partial charge in [0, 0.05) is 17.5 Å². The Hall–Kier alpha value is -2.10. The Morgan fingerprint density at radius 1 is 1.32 bits per heavy atom. The fourth-order valence-corrected chi connectivity index (χ4v) is 2.95. The van der Waals surface area contributed by atoms with Gasteiger partial charge in [-0.1, -0.05) is 11.6 Å². The highest BCUT2D eigenvalue weighted by atomic mass is 16.5. The molecule has 4 heteroatoms. The molecule has 0 saturated carbocycles. The Morgan fingerprint density at radius 2 is 2.05 bits per heavy atom. The quantitative estimate of drug-likeness (QED) is 0.459. The Balaban J connectivity index is 2.43. The lowest BCUT2D eigenvalue weighted by Gasteiger charge is -2.17. The molecule has 1 aliphatic rings. The van der Waals surface area contributed by atoms with Gasteiger partial charge >= 0.3 is 5.97 Å². The first-order chi connectivity index (χ1) is 10.5. The smallest absolute Gasteiger partial charge is 0.339 e. The molecule has 0 aromatic heterocycles. The molecule has 1 aromatic carbocycles. The molecule has 1 aliphatic heterocycles. The van der Waals surface area contributed by atoms with Gasteiger partial charge < -0.3 is 14.3 Å². The average Bonchev–Trinajstić information content (AvgIpc) is 2.89. The summed E-state index contributed by atoms with van der Waals surface area (Å²) in [6, 6.07) is 0. The number of benzene rings is 1. The minimum Gasteiger partial charge on any atom is -0.496 e. The second-order valence-electron chi connectivity index (χ2n) is 5.65. The van der Waals surface area contributed by atoms with Crippen molar-refractivity contribution in [2.75, 3.05) is 7.11 Å². The first-order valence-electron chi connectivity index (χ1n) is 7.46. The van der Waals surface area contributed by atoms with E-state index < -0.39 is 0 Å². The van der Waals surface area contributed by atoms with E-state index in [1.54, 1.807) is 7.11 Å². The molecule has 1 heterocycles. The Bertz CT molecular complexity index is 641. The maximum absolute atomic E-state index is 12.0. The summed E-state index contributed by atoms with van der Waals surface area (Å²) >= 11 is 0. The predicted molar refractivity (Wildman–Crippen MR) is 84.3 cm³/mol. The molecule has 118 valence electrons. The van der Waals surface area contributed by atoms with Crippen molar-refractivity contribution in [2.45, 2.75) is 46.6 Å². The summed E-state index contributed by atoms with van der Waals surface area (Å²) in [6.45, 7) is 6.24. The molecule has 0 aliphatic carbocycles. The molecule has 0 bridgehead atoms. The van der Waals surface area contributed by atoms with Gasteiger partial charge in [0.1, 0.15) is 18.6 Å². The van der Waals surface area contributed by atoms with Crippen LogP contribution in [0, 0.1) is 13.8 Å². The van der Waals surface area contributed by atoms with E-state index in [1.165, 1.54) is 0 Å². The second-order valence-corrected chi connectivity index (χ2v) is 5.65. The van der Waals surface area contributed by atoms with E-state index in [0.29, 0.717) is 25.0 Å². The summed E-state index contributed by atoms with van der Waals surface area (Å²) < 4.78 is 10.7. The fourth-order valence-electron chi connectivity index (χ4n) is 2.95. The topological polar surface area (TPSA) is 52.6 Å². The van der Waals surface area contributed by atoms with E-state index in [1.807, 2.05) is 20.8 Å². The van der Waals surface area contributed by atoms with Gasteiger partial charge in [-0.25, -0.2) is 4.79 Å². The van der Waals surface area contributed by atoms with Gasteiger partial charge in [-0.15, -0.1) is 0 Å². The lowest BCUT2D eigenvalue weighted by atomic mass is 9.91. The zero-order valence-corrected chi connectivity index (χ0v) is 13.6. The molecule has 4 nitrogen and oxygen atoms in total. The first kappa shape index (κ1) is 16.3. The molecule has 0 spiro atoms. The number of hydrogen-bond acceptors (Lipinski definition) is 4. The van der Waals surface area contributed by atoms with Crippen LogP contribution in [0.15, 0.2) is 11.6 Å². The third kappa shape index (κ3) is 2.91. The van der Waals surface area contributed by atoms with Gasteiger partial charge in [0.15, 0.2) is 0 Å². The summed E-state index contributed by atoms with van der Waals surface area (Å²) in [4.78, 5) is 22.4. The van der Waals surface area contributed by atoms with Gasteiger partial charge in [-0.3, -0.25) is 0 Å². The van der Waals surface area contributed by atoms with Crippen molar-refractivity contribution in [3.63, 3.8) is 0 Å². The first-order valence-corrected chi connectivity index (χ1v) is 7.46. The Morgan fingerprint density at radius 3 is 2.68 bits per heavy atom. The van der Waals surface area contributed by atoms with Gasteiger partial charge in [-0.05, 0) is 44.7 Å². The third-order valence-corrected chi connectivity index (χ3v) is 4.26. The summed E-state index contributed by atoms with van der Waals surface area (Å²) in [7, 11) is 1.65. The van der Waals surface area contributed by atoms with Crippen molar-refractivity contribution in [3.8, 4) is 5.75 Å². The summed E-state index contributed by atoms with van der Waals surface area (Å²) in [5.74, 6) is 0.579. The average molecular weight is 302 g/mol. The molecule has 0 saturated heterocycles. The van der Waals surface area contributed by atoms with Crippen LogP contribution in [0.2, 0.25) is 0 Å². The van der Waals surface area contributed by atoms with Crippen molar-refractivity contribution >= 4 is 12.3 Å². The van der Waals surface area contributed by atoms with Gasteiger partial charge in [-0.2, -0.15) is 0 Å². The third-order valence-electron chi connectivity index (χ3n) is 4.26. The largest absolute Gasteiger partial charge is 0.496 e. The van der Waals surface area contributed by atoms with Crippen LogP contribution in [0.25, 0.3) is 0 Å². The van der Waals surface area contributed by atoms with Gasteiger partial charge in [0.05, 0.1) is 12.7 Å². The van der Waals surface area contributed by atoms with Crippen LogP contribution < -0.4 is 4.74 Å².